The fourth-order valence-electron chi connectivity index (χ4n) is 1.30. The van der Waals surface area contributed by atoms with E-state index in [0.29, 0.717) is 11.5 Å². The Labute approximate surface area is 99.6 Å². The molecule has 0 saturated heterocycles. The third-order valence-corrected chi connectivity index (χ3v) is 2.34. The largest absolute Gasteiger partial charge is 0.497 e. The number of ether oxygens (including phenoxy) is 2. The first kappa shape index (κ1) is 13.3. The highest BCUT2D eigenvalue weighted by molar-refractivity contribution is 5.70. The lowest BCUT2D eigenvalue weighted by molar-refractivity contribution is -0.143. The molecule has 0 bridgehead atoms. The third-order valence-electron chi connectivity index (χ3n) is 2.34. The summed E-state index contributed by atoms with van der Waals surface area (Å²) < 4.78 is 10.3. The van der Waals surface area contributed by atoms with E-state index in [1.807, 2.05) is 0 Å². The number of methoxy groups -OCH3 is 1. The predicted octanol–water partition coefficient (Wildman–Crippen LogP) is 1.16. The Balaban J connectivity index is 2.50. The number of carboxylic acids is 1. The van der Waals surface area contributed by atoms with Gasteiger partial charge in [0.1, 0.15) is 18.1 Å². The minimum Gasteiger partial charge on any atom is -0.497 e. The molecule has 94 valence electrons. The normalized spacial score (nSPS) is 11.9. The van der Waals surface area contributed by atoms with E-state index in [2.05, 4.69) is 0 Å². The smallest absolute Gasteiger partial charge is 0.310 e. The van der Waals surface area contributed by atoms with Gasteiger partial charge in [-0.2, -0.15) is 0 Å². The van der Waals surface area contributed by atoms with E-state index in [1.54, 1.807) is 31.4 Å². The van der Waals surface area contributed by atoms with Crippen molar-refractivity contribution in [2.45, 2.75) is 6.42 Å². The van der Waals surface area contributed by atoms with Gasteiger partial charge in [-0.05, 0) is 30.7 Å². The fraction of sp³-hybridized carbons (Fsp3) is 0.417. The number of carboxylic acid groups (broad SMARTS) is 1. The van der Waals surface area contributed by atoms with Gasteiger partial charge in [0, 0.05) is 6.61 Å². The lowest BCUT2D eigenvalue weighted by Gasteiger charge is -2.12. The maximum Gasteiger partial charge on any atom is 0.310 e. The quantitative estimate of drug-likeness (QED) is 0.747. The Morgan fingerprint density at radius 2 is 1.88 bits per heavy atom. The molecule has 1 rings (SSSR count). The number of rotatable bonds is 7. The average Bonchev–Trinajstić information content (AvgIpc) is 2.34. The van der Waals surface area contributed by atoms with E-state index in [0.717, 1.165) is 0 Å². The van der Waals surface area contributed by atoms with Crippen molar-refractivity contribution in [3.05, 3.63) is 24.3 Å². The highest BCUT2D eigenvalue weighted by Crippen LogP contribution is 2.18. The second-order valence-corrected chi connectivity index (χ2v) is 3.53. The number of hydrogen-bond acceptors (Lipinski definition) is 4. The van der Waals surface area contributed by atoms with Gasteiger partial charge >= 0.3 is 5.97 Å². The van der Waals surface area contributed by atoms with Crippen LogP contribution in [-0.4, -0.2) is 36.5 Å². The van der Waals surface area contributed by atoms with Crippen molar-refractivity contribution in [3.63, 3.8) is 0 Å². The van der Waals surface area contributed by atoms with Crippen LogP contribution < -0.4 is 9.47 Å². The molecule has 0 radical (unpaired) electrons. The molecular weight excluding hydrogens is 224 g/mol. The van der Waals surface area contributed by atoms with E-state index in [4.69, 9.17) is 19.7 Å². The maximum absolute atomic E-state index is 10.8. The Kier molecular flexibility index (Phi) is 5.29. The van der Waals surface area contributed by atoms with E-state index in [9.17, 15) is 4.79 Å². The standard InChI is InChI=1S/C12H16O5/c1-16-10-2-4-11(5-3-10)17-8-9(6-7-13)12(14)15/h2-5,9,13H,6-8H2,1H3,(H,14,15). The molecule has 1 aromatic carbocycles. The molecule has 1 unspecified atom stereocenters. The molecule has 0 fully saturated rings. The minimum absolute atomic E-state index is 0.0439. The number of aliphatic hydroxyl groups excluding tert-OH is 1. The van der Waals surface area contributed by atoms with Crippen molar-refractivity contribution >= 4 is 5.97 Å². The third kappa shape index (κ3) is 4.32. The molecule has 0 aromatic heterocycles. The zero-order valence-electron chi connectivity index (χ0n) is 9.63. The highest BCUT2D eigenvalue weighted by atomic mass is 16.5. The molecule has 0 saturated carbocycles. The molecular formula is C12H16O5. The number of hydrogen-bond donors (Lipinski definition) is 2. The van der Waals surface area contributed by atoms with Crippen molar-refractivity contribution in [1.82, 2.24) is 0 Å². The molecule has 17 heavy (non-hydrogen) atoms. The summed E-state index contributed by atoms with van der Waals surface area (Å²) in [5, 5.41) is 17.6. The second-order valence-electron chi connectivity index (χ2n) is 3.53. The van der Waals surface area contributed by atoms with Crippen molar-refractivity contribution in [3.8, 4) is 11.5 Å². The summed E-state index contributed by atoms with van der Waals surface area (Å²) in [4.78, 5) is 10.8. The van der Waals surface area contributed by atoms with Crippen LogP contribution in [0.15, 0.2) is 24.3 Å². The molecule has 1 aromatic rings. The van der Waals surface area contributed by atoms with E-state index < -0.39 is 11.9 Å². The average molecular weight is 240 g/mol. The molecule has 0 amide bonds. The first-order chi connectivity index (χ1) is 8.17. The Bertz CT molecular complexity index is 346. The molecule has 5 nitrogen and oxygen atoms in total. The van der Waals surface area contributed by atoms with Gasteiger partial charge in [-0.3, -0.25) is 4.79 Å². The van der Waals surface area contributed by atoms with Crippen LogP contribution in [0.1, 0.15) is 6.42 Å². The summed E-state index contributed by atoms with van der Waals surface area (Å²) in [6.45, 7) is -0.120. The Hall–Kier alpha value is -1.75. The van der Waals surface area contributed by atoms with E-state index >= 15 is 0 Å². The van der Waals surface area contributed by atoms with Crippen LogP contribution in [0.2, 0.25) is 0 Å². The second kappa shape index (κ2) is 6.75. The molecule has 2 N–H and O–H groups in total. The van der Waals surface area contributed by atoms with Gasteiger partial charge in [0.2, 0.25) is 0 Å². The minimum atomic E-state index is -0.965. The van der Waals surface area contributed by atoms with Crippen molar-refractivity contribution < 1.29 is 24.5 Å². The zero-order chi connectivity index (χ0) is 12.7. The zero-order valence-corrected chi connectivity index (χ0v) is 9.63. The number of aliphatic carboxylic acids is 1. The van der Waals surface area contributed by atoms with Crippen LogP contribution in [0.3, 0.4) is 0 Å². The lowest BCUT2D eigenvalue weighted by atomic mass is 10.1. The maximum atomic E-state index is 10.8. The summed E-state index contributed by atoms with van der Waals surface area (Å²) in [6, 6.07) is 6.88. The summed E-state index contributed by atoms with van der Waals surface area (Å²) in [5.74, 6) is -0.368. The van der Waals surface area contributed by atoms with Gasteiger partial charge in [0.25, 0.3) is 0 Å². The van der Waals surface area contributed by atoms with E-state index in [-0.39, 0.29) is 19.6 Å². The highest BCUT2D eigenvalue weighted by Gasteiger charge is 2.17. The molecule has 0 aliphatic rings. The van der Waals surface area contributed by atoms with Crippen LogP contribution in [0, 0.1) is 5.92 Å². The summed E-state index contributed by atoms with van der Waals surface area (Å²) in [7, 11) is 1.57. The monoisotopic (exact) mass is 240 g/mol. The van der Waals surface area contributed by atoms with Gasteiger partial charge in [-0.15, -0.1) is 0 Å². The van der Waals surface area contributed by atoms with Crippen LogP contribution in [0.5, 0.6) is 11.5 Å². The predicted molar refractivity (Wildman–Crippen MR) is 61.3 cm³/mol. The van der Waals surface area contributed by atoms with Crippen LogP contribution in [0.25, 0.3) is 0 Å². The molecule has 5 heteroatoms. The van der Waals surface area contributed by atoms with Crippen molar-refractivity contribution in [2.24, 2.45) is 5.92 Å². The van der Waals surface area contributed by atoms with Gasteiger partial charge in [0.15, 0.2) is 0 Å². The summed E-state index contributed by atoms with van der Waals surface area (Å²) >= 11 is 0. The van der Waals surface area contributed by atoms with Crippen LogP contribution in [0.4, 0.5) is 0 Å². The number of aliphatic hydroxyl groups is 1. The molecule has 0 aliphatic heterocycles. The van der Waals surface area contributed by atoms with Crippen molar-refractivity contribution in [2.75, 3.05) is 20.3 Å². The van der Waals surface area contributed by atoms with Gasteiger partial charge in [-0.1, -0.05) is 0 Å². The SMILES string of the molecule is COc1ccc(OCC(CCO)C(=O)O)cc1. The Morgan fingerprint density at radius 1 is 1.29 bits per heavy atom. The Morgan fingerprint density at radius 3 is 2.35 bits per heavy atom. The topological polar surface area (TPSA) is 76.0 Å². The van der Waals surface area contributed by atoms with Gasteiger partial charge in [0.05, 0.1) is 13.0 Å². The fourth-order valence-corrected chi connectivity index (χ4v) is 1.30. The first-order valence-corrected chi connectivity index (χ1v) is 5.28. The lowest BCUT2D eigenvalue weighted by Crippen LogP contribution is -2.22. The van der Waals surface area contributed by atoms with E-state index in [1.165, 1.54) is 0 Å². The number of carbonyl (C=O) groups is 1. The number of benzene rings is 1. The van der Waals surface area contributed by atoms with Crippen LogP contribution >= 0.6 is 0 Å². The molecule has 0 aliphatic carbocycles. The molecule has 0 spiro atoms. The molecule has 0 heterocycles. The van der Waals surface area contributed by atoms with Gasteiger partial charge in [-0.25, -0.2) is 0 Å². The summed E-state index contributed by atoms with van der Waals surface area (Å²) in [6.07, 6.45) is 0.186. The van der Waals surface area contributed by atoms with Crippen LogP contribution in [-0.2, 0) is 4.79 Å². The molecule has 1 atom stereocenters. The summed E-state index contributed by atoms with van der Waals surface area (Å²) in [5.41, 5.74) is 0. The van der Waals surface area contributed by atoms with Crippen molar-refractivity contribution in [1.29, 1.82) is 0 Å². The van der Waals surface area contributed by atoms with Gasteiger partial charge < -0.3 is 19.7 Å². The first-order valence-electron chi connectivity index (χ1n) is 5.28.